The van der Waals surface area contributed by atoms with Gasteiger partial charge in [0.25, 0.3) is 0 Å². The van der Waals surface area contributed by atoms with Gasteiger partial charge in [0, 0.05) is 15.4 Å². The van der Waals surface area contributed by atoms with Crippen molar-refractivity contribution in [3.63, 3.8) is 0 Å². The fraction of sp³-hybridized carbons (Fsp3) is 0.200. The fourth-order valence-electron chi connectivity index (χ4n) is 0.937. The number of hydrogen-bond acceptors (Lipinski definition) is 4. The Kier molecular flexibility index (Phi) is 7.33. The van der Waals surface area contributed by atoms with E-state index in [4.69, 9.17) is 10.5 Å². The average Bonchev–Trinajstić information content (AvgIpc) is 2.24. The minimum Gasteiger partial charge on any atom is -0.192 e. The Morgan fingerprint density at radius 3 is 1.33 bits per heavy atom. The molecule has 2 nitrogen and oxygen atoms in total. The second kappa shape index (κ2) is 7.01. The van der Waals surface area contributed by atoms with Gasteiger partial charge in [-0.3, -0.25) is 0 Å². The van der Waals surface area contributed by atoms with E-state index in [1.54, 1.807) is 0 Å². The third-order valence-electron chi connectivity index (χ3n) is 1.83. The topological polar surface area (TPSA) is 47.6 Å². The van der Waals surface area contributed by atoms with Gasteiger partial charge in [-0.25, -0.2) is 0 Å². The predicted molar refractivity (Wildman–Crippen MR) is 95.7 cm³/mol. The van der Waals surface area contributed by atoms with Crippen LogP contribution in [-0.4, -0.2) is 6.47 Å². The highest BCUT2D eigenvalue weighted by Crippen LogP contribution is 2.55. The van der Waals surface area contributed by atoms with Crippen molar-refractivity contribution in [2.75, 3.05) is 0 Å². The standard InChI is InChI=1S/C10H6Br4N2S2/c1-5(17)9(11,12)8(7(3-15)4-16)10(13,14)6(2)18/h17-18H,1-2H2. The number of rotatable bonds is 4. The molecule has 18 heavy (non-hydrogen) atoms. The summed E-state index contributed by atoms with van der Waals surface area (Å²) in [6.45, 7) is 7.39. The molecule has 0 aliphatic heterocycles. The molecule has 0 spiro atoms. The van der Waals surface area contributed by atoms with Crippen LogP contribution >= 0.6 is 89.0 Å². The van der Waals surface area contributed by atoms with Crippen LogP contribution in [0.5, 0.6) is 0 Å². The van der Waals surface area contributed by atoms with Crippen molar-refractivity contribution in [1.29, 1.82) is 10.5 Å². The van der Waals surface area contributed by atoms with Gasteiger partial charge in [0.05, 0.1) is 0 Å². The highest BCUT2D eigenvalue weighted by Gasteiger charge is 2.45. The summed E-state index contributed by atoms with van der Waals surface area (Å²) >= 11 is 21.7. The summed E-state index contributed by atoms with van der Waals surface area (Å²) in [5.74, 6) is 0. The normalized spacial score (nSPS) is 11.1. The number of allylic oxidation sites excluding steroid dienone is 4. The first-order chi connectivity index (χ1) is 8.03. The zero-order chi connectivity index (χ0) is 14.7. The first kappa shape index (κ1) is 18.8. The fourth-order valence-corrected chi connectivity index (χ4v) is 4.21. The summed E-state index contributed by atoms with van der Waals surface area (Å²) in [5, 5.41) is 18.1. The molecule has 0 aromatic carbocycles. The van der Waals surface area contributed by atoms with Gasteiger partial charge in [0.15, 0.2) is 0 Å². The molecule has 0 aliphatic rings. The smallest absolute Gasteiger partial charge is 0.136 e. The summed E-state index contributed by atoms with van der Waals surface area (Å²) in [6, 6.07) is 3.64. The van der Waals surface area contributed by atoms with E-state index in [1.165, 1.54) is 0 Å². The van der Waals surface area contributed by atoms with Crippen molar-refractivity contribution in [3.8, 4) is 12.1 Å². The van der Waals surface area contributed by atoms with Crippen LogP contribution in [0.25, 0.3) is 0 Å². The van der Waals surface area contributed by atoms with Crippen molar-refractivity contribution < 1.29 is 0 Å². The second-order valence-corrected chi connectivity index (χ2v) is 11.0. The first-order valence-electron chi connectivity index (χ1n) is 4.11. The van der Waals surface area contributed by atoms with E-state index < -0.39 is 6.47 Å². The van der Waals surface area contributed by atoms with E-state index in [9.17, 15) is 0 Å². The molecule has 0 amide bonds. The Morgan fingerprint density at radius 2 is 1.17 bits per heavy atom. The van der Waals surface area contributed by atoms with E-state index in [0.29, 0.717) is 15.4 Å². The molecule has 0 unspecified atom stereocenters. The van der Waals surface area contributed by atoms with Gasteiger partial charge in [0.2, 0.25) is 0 Å². The lowest BCUT2D eigenvalue weighted by atomic mass is 10.0. The van der Waals surface area contributed by atoms with Gasteiger partial charge in [-0.15, -0.1) is 25.3 Å². The molecule has 0 heterocycles. The highest BCUT2D eigenvalue weighted by atomic mass is 79.9. The van der Waals surface area contributed by atoms with Crippen LogP contribution in [0.15, 0.2) is 34.1 Å². The van der Waals surface area contributed by atoms with Gasteiger partial charge >= 0.3 is 0 Å². The number of thiol groups is 2. The van der Waals surface area contributed by atoms with E-state index in [1.807, 2.05) is 12.1 Å². The first-order valence-corrected chi connectivity index (χ1v) is 8.17. The minimum atomic E-state index is -1.07. The van der Waals surface area contributed by atoms with E-state index in [2.05, 4.69) is 102 Å². The van der Waals surface area contributed by atoms with Crippen molar-refractivity contribution in [2.45, 2.75) is 6.47 Å². The minimum absolute atomic E-state index is 0.122. The molecular formula is C10H6Br4N2S2. The van der Waals surface area contributed by atoms with Crippen molar-refractivity contribution in [3.05, 3.63) is 34.1 Å². The molecule has 0 radical (unpaired) electrons. The Morgan fingerprint density at radius 1 is 0.889 bits per heavy atom. The lowest BCUT2D eigenvalue weighted by Gasteiger charge is -2.33. The van der Waals surface area contributed by atoms with Crippen LogP contribution in [-0.2, 0) is 0 Å². The molecule has 0 rings (SSSR count). The predicted octanol–water partition coefficient (Wildman–Crippen LogP) is 5.19. The van der Waals surface area contributed by atoms with Crippen LogP contribution < -0.4 is 0 Å². The van der Waals surface area contributed by atoms with Crippen molar-refractivity contribution in [1.82, 2.24) is 0 Å². The molecule has 0 saturated heterocycles. The summed E-state index contributed by atoms with van der Waals surface area (Å²) in [5.41, 5.74) is 0.183. The number of halogens is 4. The van der Waals surface area contributed by atoms with Crippen LogP contribution in [0.4, 0.5) is 0 Å². The quantitative estimate of drug-likeness (QED) is 0.295. The van der Waals surface area contributed by atoms with E-state index in [0.717, 1.165) is 0 Å². The number of hydrogen-bond donors (Lipinski definition) is 2. The molecule has 0 fully saturated rings. The lowest BCUT2D eigenvalue weighted by Crippen LogP contribution is -2.30. The van der Waals surface area contributed by atoms with Crippen LogP contribution in [0, 0.1) is 22.7 Å². The van der Waals surface area contributed by atoms with Crippen LogP contribution in [0.3, 0.4) is 0 Å². The Bertz CT molecular complexity index is 465. The number of alkyl halides is 4. The molecule has 8 heteroatoms. The van der Waals surface area contributed by atoms with Crippen LogP contribution in [0.2, 0.25) is 0 Å². The maximum Gasteiger partial charge on any atom is 0.136 e. The zero-order valence-electron chi connectivity index (χ0n) is 8.71. The van der Waals surface area contributed by atoms with Crippen molar-refractivity contribution >= 4 is 89.0 Å². The summed E-state index contributed by atoms with van der Waals surface area (Å²) in [7, 11) is 0. The average molecular weight is 538 g/mol. The lowest BCUT2D eigenvalue weighted by molar-refractivity contribution is 1.06. The molecular weight excluding hydrogens is 532 g/mol. The van der Waals surface area contributed by atoms with Gasteiger partial charge in [-0.05, 0) is 0 Å². The molecule has 0 aliphatic carbocycles. The Hall–Kier alpha value is 0.820. The summed E-state index contributed by atoms with van der Waals surface area (Å²) in [4.78, 5) is 0.719. The molecule has 0 bridgehead atoms. The van der Waals surface area contributed by atoms with Gasteiger partial charge in [-0.1, -0.05) is 76.9 Å². The SMILES string of the molecule is C=C(S)C(Br)(Br)C(=C(C#N)C#N)C(Br)(Br)C(=C)S. The monoisotopic (exact) mass is 534 g/mol. The molecule has 96 valence electrons. The zero-order valence-corrected chi connectivity index (χ0v) is 16.8. The third kappa shape index (κ3) is 3.91. The van der Waals surface area contributed by atoms with E-state index in [-0.39, 0.29) is 5.57 Å². The largest absolute Gasteiger partial charge is 0.192 e. The van der Waals surface area contributed by atoms with Gasteiger partial charge < -0.3 is 0 Å². The van der Waals surface area contributed by atoms with Crippen molar-refractivity contribution in [2.24, 2.45) is 0 Å². The third-order valence-corrected chi connectivity index (χ3v) is 7.22. The summed E-state index contributed by atoms with van der Waals surface area (Å²) in [6.07, 6.45) is 0. The molecule has 0 N–H and O–H groups in total. The maximum absolute atomic E-state index is 9.06. The molecule has 0 aromatic heterocycles. The van der Waals surface area contributed by atoms with E-state index >= 15 is 0 Å². The Balaban J connectivity index is 6.40. The van der Waals surface area contributed by atoms with Crippen LogP contribution in [0.1, 0.15) is 0 Å². The summed E-state index contributed by atoms with van der Waals surface area (Å²) < 4.78 is -2.13. The number of nitrogens with zero attached hydrogens (tertiary/aromatic N) is 2. The maximum atomic E-state index is 9.06. The van der Waals surface area contributed by atoms with Gasteiger partial charge in [0.1, 0.15) is 24.2 Å². The number of nitriles is 2. The molecule has 0 aromatic rings. The second-order valence-electron chi connectivity index (χ2n) is 3.02. The van der Waals surface area contributed by atoms with Gasteiger partial charge in [-0.2, -0.15) is 10.5 Å². The molecule has 0 atom stereocenters. The Labute approximate surface area is 151 Å². The highest BCUT2D eigenvalue weighted by molar-refractivity contribution is 9.27. The molecule has 0 saturated carbocycles.